The van der Waals surface area contributed by atoms with Crippen LogP contribution in [-0.4, -0.2) is 19.9 Å². The molecule has 5 aromatic rings. The molecule has 2 heterocycles. The van der Waals surface area contributed by atoms with Crippen molar-refractivity contribution >= 4 is 11.4 Å². The lowest BCUT2D eigenvalue weighted by atomic mass is 9.90. The van der Waals surface area contributed by atoms with Crippen molar-refractivity contribution in [1.82, 2.24) is 19.9 Å². The first-order chi connectivity index (χ1) is 20.7. The molecule has 0 N–H and O–H groups in total. The van der Waals surface area contributed by atoms with E-state index in [0.29, 0.717) is 23.3 Å². The van der Waals surface area contributed by atoms with E-state index in [4.69, 9.17) is 13.1 Å². The predicted molar refractivity (Wildman–Crippen MR) is 155 cm³/mol. The normalized spacial score (nSPS) is 13.2. The van der Waals surface area contributed by atoms with Crippen LogP contribution in [0.15, 0.2) is 73.8 Å². The minimum Gasteiger partial charge on any atom is -0.244 e. The molecule has 0 bridgehead atoms. The Morgan fingerprint density at radius 3 is 1.33 bits per heavy atom. The first-order valence-electron chi connectivity index (χ1n) is 13.0. The van der Waals surface area contributed by atoms with E-state index in [1.165, 1.54) is 12.7 Å². The van der Waals surface area contributed by atoms with Gasteiger partial charge in [-0.15, -0.1) is 0 Å². The van der Waals surface area contributed by atoms with Crippen molar-refractivity contribution in [3.63, 3.8) is 0 Å². The van der Waals surface area contributed by atoms with Gasteiger partial charge in [0.1, 0.15) is 12.7 Å². The topological polar surface area (TPSA) is 108 Å². The zero-order valence-corrected chi connectivity index (χ0v) is 21.9. The van der Waals surface area contributed by atoms with E-state index in [1.54, 1.807) is 24.8 Å². The summed E-state index contributed by atoms with van der Waals surface area (Å²) in [5.74, 6) is 0. The van der Waals surface area contributed by atoms with Gasteiger partial charge in [-0.2, -0.15) is 0 Å². The van der Waals surface area contributed by atoms with E-state index in [0.717, 1.165) is 66.8 Å². The second-order valence-electron chi connectivity index (χ2n) is 9.87. The third kappa shape index (κ3) is 3.44. The number of nitriles is 2. The molecular weight excluding hydrogens is 520 g/mol. The van der Waals surface area contributed by atoms with Crippen LogP contribution in [0.2, 0.25) is 0 Å². The summed E-state index contributed by atoms with van der Waals surface area (Å²) >= 11 is 0. The molecule has 3 aromatic carbocycles. The van der Waals surface area contributed by atoms with Gasteiger partial charge in [-0.05, 0) is 68.5 Å². The molecule has 42 heavy (non-hydrogen) atoms. The number of hydrogen-bond donors (Lipinski definition) is 0. The molecule has 0 aliphatic heterocycles. The molecular formula is C34H16N8. The molecule has 7 rings (SSSR count). The zero-order chi connectivity index (χ0) is 28.8. The Hall–Kier alpha value is -6.48. The van der Waals surface area contributed by atoms with Gasteiger partial charge < -0.3 is 0 Å². The van der Waals surface area contributed by atoms with Gasteiger partial charge in [0.15, 0.2) is 0 Å². The molecule has 0 spiro atoms. The fraction of sp³-hybridized carbons (Fsp3) is 0.0588. The number of fused-ring (bicyclic) bond motifs is 6. The van der Waals surface area contributed by atoms with Crippen LogP contribution < -0.4 is 10.4 Å². The molecule has 0 saturated carbocycles. The second-order valence-corrected chi connectivity index (χ2v) is 9.87. The van der Waals surface area contributed by atoms with Crippen molar-refractivity contribution in [2.45, 2.75) is 12.8 Å². The standard InChI is InChI=1S/C34H16N8/c1-37-29(11-35)33-27-9-25-21(19-13-39-17-40-14-19)6-4-8-24(25)32(27)34(30(12-36)38-2)28-10-26-22(20-15-41-18-42-16-20)5-3-7-23(26)31(28)33/h3-8,13-18H,9-10H2/b33-29-,34-30+. The van der Waals surface area contributed by atoms with Gasteiger partial charge in [0.2, 0.25) is 0 Å². The highest BCUT2D eigenvalue weighted by atomic mass is 14.8. The van der Waals surface area contributed by atoms with Crippen molar-refractivity contribution in [3.05, 3.63) is 129 Å². The molecule has 0 saturated heterocycles. The fourth-order valence-corrected chi connectivity index (χ4v) is 6.39. The summed E-state index contributed by atoms with van der Waals surface area (Å²) in [5, 5.41) is 21.5. The van der Waals surface area contributed by atoms with Crippen molar-refractivity contribution in [2.24, 2.45) is 0 Å². The molecule has 0 radical (unpaired) electrons. The second kappa shape index (κ2) is 9.61. The maximum Gasteiger partial charge on any atom is 0.269 e. The van der Waals surface area contributed by atoms with Crippen LogP contribution in [0.25, 0.3) is 65.6 Å². The molecule has 192 valence electrons. The Morgan fingerprint density at radius 2 is 0.976 bits per heavy atom. The van der Waals surface area contributed by atoms with Crippen molar-refractivity contribution < 1.29 is 0 Å². The van der Waals surface area contributed by atoms with E-state index < -0.39 is 0 Å². The molecule has 0 amide bonds. The summed E-state index contributed by atoms with van der Waals surface area (Å²) in [6.07, 6.45) is 10.8. The number of benzene rings is 3. The highest BCUT2D eigenvalue weighted by Gasteiger charge is 2.33. The largest absolute Gasteiger partial charge is 0.269 e. The van der Waals surface area contributed by atoms with Gasteiger partial charge in [0, 0.05) is 46.4 Å². The Balaban J connectivity index is 1.66. The van der Waals surface area contributed by atoms with E-state index >= 15 is 0 Å². The summed E-state index contributed by atoms with van der Waals surface area (Å²) in [6, 6.07) is 16.1. The molecule has 8 nitrogen and oxygen atoms in total. The highest BCUT2D eigenvalue weighted by Crippen LogP contribution is 2.44. The van der Waals surface area contributed by atoms with Crippen LogP contribution in [0, 0.1) is 35.8 Å². The van der Waals surface area contributed by atoms with E-state index in [-0.39, 0.29) is 11.4 Å². The lowest BCUT2D eigenvalue weighted by Crippen LogP contribution is -2.25. The smallest absolute Gasteiger partial charge is 0.244 e. The van der Waals surface area contributed by atoms with E-state index in [9.17, 15) is 10.5 Å². The highest BCUT2D eigenvalue weighted by molar-refractivity contribution is 5.95. The summed E-state index contributed by atoms with van der Waals surface area (Å²) in [5.41, 5.74) is 10.2. The molecule has 0 unspecified atom stereocenters. The van der Waals surface area contributed by atoms with Gasteiger partial charge >= 0.3 is 0 Å². The first kappa shape index (κ1) is 24.6. The number of aromatic nitrogens is 4. The van der Waals surface area contributed by atoms with Crippen LogP contribution in [0.1, 0.15) is 22.3 Å². The molecule has 0 fully saturated rings. The number of rotatable bonds is 2. The summed E-state index contributed by atoms with van der Waals surface area (Å²) in [6.45, 7) is 15.9. The van der Waals surface area contributed by atoms with Gasteiger partial charge in [0.05, 0.1) is 25.3 Å². The molecule has 0 atom stereocenters. The lowest BCUT2D eigenvalue weighted by Gasteiger charge is -2.13. The summed E-state index contributed by atoms with van der Waals surface area (Å²) < 4.78 is 0. The van der Waals surface area contributed by atoms with Crippen molar-refractivity contribution in [2.75, 3.05) is 0 Å². The van der Waals surface area contributed by atoms with Crippen molar-refractivity contribution in [3.8, 4) is 56.6 Å². The fourth-order valence-electron chi connectivity index (χ4n) is 6.39. The molecule has 2 aliphatic rings. The number of hydrogen-bond acceptors (Lipinski definition) is 6. The number of nitrogens with zero attached hydrogens (tertiary/aromatic N) is 8. The summed E-state index contributed by atoms with van der Waals surface area (Å²) in [4.78, 5) is 24.1. The monoisotopic (exact) mass is 536 g/mol. The van der Waals surface area contributed by atoms with Gasteiger partial charge in [0.25, 0.3) is 11.4 Å². The SMILES string of the molecule is [C-]#[N+]/C(C#N)=c1/c2c(/c(=C(\C#N)[N+]#[C-])c3c1-c1cccc(-c4cncnc4)c1C3)-c1cccc(-c3cncnc3)c1C2. The third-order valence-electron chi connectivity index (χ3n) is 7.96. The maximum atomic E-state index is 10.2. The average Bonchev–Trinajstić information content (AvgIpc) is 3.63. The van der Waals surface area contributed by atoms with Crippen LogP contribution in [0.4, 0.5) is 0 Å². The molecule has 8 heteroatoms. The maximum absolute atomic E-state index is 10.2. The minimum atomic E-state index is -0.0194. The van der Waals surface area contributed by atoms with E-state index in [2.05, 4.69) is 41.8 Å². The van der Waals surface area contributed by atoms with E-state index in [1.807, 2.05) is 36.4 Å². The van der Waals surface area contributed by atoms with Gasteiger partial charge in [-0.25, -0.2) is 40.1 Å². The van der Waals surface area contributed by atoms with Crippen LogP contribution >= 0.6 is 0 Å². The van der Waals surface area contributed by atoms with Crippen LogP contribution in [0.3, 0.4) is 0 Å². The quantitative estimate of drug-likeness (QED) is 0.293. The Bertz CT molecular complexity index is 2080. The molecule has 2 aliphatic carbocycles. The Morgan fingerprint density at radius 1 is 0.595 bits per heavy atom. The predicted octanol–water partition coefficient (Wildman–Crippen LogP) is 4.85. The van der Waals surface area contributed by atoms with Crippen molar-refractivity contribution in [1.29, 1.82) is 10.5 Å². The molecule has 2 aromatic heterocycles. The van der Waals surface area contributed by atoms with Crippen LogP contribution in [0.5, 0.6) is 0 Å². The van der Waals surface area contributed by atoms with Gasteiger partial charge in [-0.1, -0.05) is 36.4 Å². The first-order valence-corrected chi connectivity index (χ1v) is 13.0. The minimum absolute atomic E-state index is 0.0194. The third-order valence-corrected chi connectivity index (χ3v) is 7.96. The average molecular weight is 537 g/mol. The Labute approximate surface area is 240 Å². The summed E-state index contributed by atoms with van der Waals surface area (Å²) in [7, 11) is 0. The van der Waals surface area contributed by atoms with Gasteiger partial charge in [-0.3, -0.25) is 0 Å². The lowest BCUT2D eigenvalue weighted by molar-refractivity contribution is 1.16. The van der Waals surface area contributed by atoms with Crippen LogP contribution in [-0.2, 0) is 12.8 Å². The zero-order valence-electron chi connectivity index (χ0n) is 21.9. The Kier molecular flexibility index (Phi) is 5.62.